The summed E-state index contributed by atoms with van der Waals surface area (Å²) in [6.45, 7) is 0. The fraction of sp³-hybridized carbons (Fsp3) is 0. The van der Waals surface area contributed by atoms with Crippen molar-refractivity contribution in [3.8, 4) is 55.9 Å². The van der Waals surface area contributed by atoms with Gasteiger partial charge in [-0.2, -0.15) is 0 Å². The highest BCUT2D eigenvalue weighted by Crippen LogP contribution is 2.40. The van der Waals surface area contributed by atoms with Crippen molar-refractivity contribution in [3.63, 3.8) is 0 Å². The van der Waals surface area contributed by atoms with Gasteiger partial charge in [0, 0.05) is 21.9 Å². The van der Waals surface area contributed by atoms with E-state index in [9.17, 15) is 0 Å². The number of rotatable bonds is 5. The van der Waals surface area contributed by atoms with E-state index < -0.39 is 0 Å². The Labute approximate surface area is 295 Å². The molecule has 0 spiro atoms. The van der Waals surface area contributed by atoms with Gasteiger partial charge in [-0.25, -0.2) is 4.98 Å². The Balaban J connectivity index is 1.06. The number of aromatic nitrogens is 1. The van der Waals surface area contributed by atoms with Crippen molar-refractivity contribution in [2.75, 3.05) is 0 Å². The maximum atomic E-state index is 6.46. The van der Waals surface area contributed by atoms with Gasteiger partial charge in [0.05, 0.1) is 11.4 Å². The van der Waals surface area contributed by atoms with Gasteiger partial charge in [-0.15, -0.1) is 0 Å². The van der Waals surface area contributed by atoms with E-state index in [-0.39, 0.29) is 0 Å². The summed E-state index contributed by atoms with van der Waals surface area (Å²) in [4.78, 5) is 5.12. The lowest BCUT2D eigenvalue weighted by Crippen LogP contribution is -1.91. The summed E-state index contributed by atoms with van der Waals surface area (Å²) in [6, 6.07) is 66.8. The van der Waals surface area contributed by atoms with Crippen molar-refractivity contribution in [2.24, 2.45) is 0 Å². The molecular formula is C49H31NO. The largest absolute Gasteiger partial charge is 0.456 e. The summed E-state index contributed by atoms with van der Waals surface area (Å²) < 4.78 is 6.46. The smallest absolute Gasteiger partial charge is 0.136 e. The number of hydrogen-bond donors (Lipinski definition) is 0. The van der Waals surface area contributed by atoms with Gasteiger partial charge in [-0.1, -0.05) is 152 Å². The van der Waals surface area contributed by atoms with Crippen LogP contribution in [0.5, 0.6) is 0 Å². The predicted octanol–water partition coefficient (Wildman–Crippen LogP) is 13.6. The molecule has 51 heavy (non-hydrogen) atoms. The second kappa shape index (κ2) is 12.0. The van der Waals surface area contributed by atoms with Gasteiger partial charge in [0.2, 0.25) is 0 Å². The van der Waals surface area contributed by atoms with Crippen LogP contribution in [0.1, 0.15) is 0 Å². The van der Waals surface area contributed by atoms with Crippen molar-refractivity contribution < 1.29 is 4.42 Å². The molecule has 10 aromatic rings. The maximum absolute atomic E-state index is 6.46. The van der Waals surface area contributed by atoms with Gasteiger partial charge in [0.25, 0.3) is 0 Å². The Hall–Kier alpha value is -6.77. The highest BCUT2D eigenvalue weighted by atomic mass is 16.3. The molecule has 2 aromatic heterocycles. The molecule has 0 unspecified atom stereocenters. The van der Waals surface area contributed by atoms with Crippen molar-refractivity contribution in [1.29, 1.82) is 0 Å². The van der Waals surface area contributed by atoms with Crippen LogP contribution in [0.25, 0.3) is 99.4 Å². The molecule has 0 aliphatic rings. The first-order chi connectivity index (χ1) is 25.2. The number of pyridine rings is 1. The summed E-state index contributed by atoms with van der Waals surface area (Å²) in [5.41, 5.74) is 12.8. The lowest BCUT2D eigenvalue weighted by atomic mass is 9.94. The third kappa shape index (κ3) is 5.17. The van der Waals surface area contributed by atoms with E-state index >= 15 is 0 Å². The van der Waals surface area contributed by atoms with E-state index in [0.717, 1.165) is 61.1 Å². The average molecular weight is 650 g/mol. The third-order valence-corrected chi connectivity index (χ3v) is 10.1. The first kappa shape index (κ1) is 29.2. The second-order valence-corrected chi connectivity index (χ2v) is 13.2. The summed E-state index contributed by atoms with van der Waals surface area (Å²) in [5.74, 6) is 0. The molecule has 0 bridgehead atoms. The SMILES string of the molecule is c1ccc(-c2cc(-c3cccc4oc5ccc(-c6ccc(-c7ccc8c(ccc9ccccc98)c7)cc6)cc5c34)cc(-c3ccccc3)n2)cc1. The zero-order chi connectivity index (χ0) is 33.7. The van der Waals surface area contributed by atoms with E-state index in [2.05, 4.69) is 176 Å². The summed E-state index contributed by atoms with van der Waals surface area (Å²) in [7, 11) is 0. The van der Waals surface area contributed by atoms with Gasteiger partial charge in [-0.3, -0.25) is 0 Å². The van der Waals surface area contributed by atoms with Crippen LogP contribution in [0.3, 0.4) is 0 Å². The zero-order valence-electron chi connectivity index (χ0n) is 27.8. The molecule has 10 rings (SSSR count). The molecule has 2 heteroatoms. The van der Waals surface area contributed by atoms with Crippen molar-refractivity contribution in [1.82, 2.24) is 4.98 Å². The summed E-state index contributed by atoms with van der Waals surface area (Å²) in [6.07, 6.45) is 0. The molecule has 0 atom stereocenters. The van der Waals surface area contributed by atoms with Crippen molar-refractivity contribution in [2.45, 2.75) is 0 Å². The van der Waals surface area contributed by atoms with Gasteiger partial charge in [-0.05, 0) is 91.3 Å². The van der Waals surface area contributed by atoms with E-state index in [1.165, 1.54) is 38.2 Å². The molecule has 8 aromatic carbocycles. The Bertz CT molecular complexity index is 2830. The predicted molar refractivity (Wildman–Crippen MR) is 214 cm³/mol. The molecule has 2 nitrogen and oxygen atoms in total. The van der Waals surface area contributed by atoms with Gasteiger partial charge in [0.15, 0.2) is 0 Å². The molecule has 0 amide bonds. The minimum Gasteiger partial charge on any atom is -0.456 e. The Morgan fingerprint density at radius 2 is 0.902 bits per heavy atom. The monoisotopic (exact) mass is 649 g/mol. The normalized spacial score (nSPS) is 11.5. The van der Waals surface area contributed by atoms with Crippen LogP contribution in [0.15, 0.2) is 192 Å². The van der Waals surface area contributed by atoms with Crippen molar-refractivity contribution in [3.05, 3.63) is 188 Å². The van der Waals surface area contributed by atoms with E-state index in [4.69, 9.17) is 9.40 Å². The van der Waals surface area contributed by atoms with Crippen molar-refractivity contribution >= 4 is 43.5 Å². The van der Waals surface area contributed by atoms with Crippen LogP contribution in [-0.4, -0.2) is 4.98 Å². The molecule has 2 heterocycles. The average Bonchev–Trinajstić information content (AvgIpc) is 3.59. The van der Waals surface area contributed by atoms with Crippen LogP contribution in [0.4, 0.5) is 0 Å². The summed E-state index contributed by atoms with van der Waals surface area (Å²) >= 11 is 0. The molecule has 0 fully saturated rings. The fourth-order valence-corrected chi connectivity index (χ4v) is 7.49. The number of benzene rings is 8. The third-order valence-electron chi connectivity index (χ3n) is 10.1. The molecule has 0 saturated heterocycles. The highest BCUT2D eigenvalue weighted by molar-refractivity contribution is 6.13. The van der Waals surface area contributed by atoms with E-state index in [0.29, 0.717) is 0 Å². The first-order valence-electron chi connectivity index (χ1n) is 17.4. The fourth-order valence-electron chi connectivity index (χ4n) is 7.49. The second-order valence-electron chi connectivity index (χ2n) is 13.2. The van der Waals surface area contributed by atoms with Crippen LogP contribution < -0.4 is 0 Å². The molecule has 0 aliphatic carbocycles. The lowest BCUT2D eigenvalue weighted by Gasteiger charge is -2.11. The van der Waals surface area contributed by atoms with Gasteiger partial charge in [0.1, 0.15) is 11.2 Å². The van der Waals surface area contributed by atoms with Gasteiger partial charge >= 0.3 is 0 Å². The maximum Gasteiger partial charge on any atom is 0.136 e. The molecule has 0 radical (unpaired) electrons. The standard InChI is InChI=1S/C49H31NO/c1-3-11-35(12-4-1)45-30-40(31-46(50-45)36-13-5-2-6-14-36)43-16-9-17-48-49(43)44-29-38(25-27-47(44)51-48)33-20-18-32(19-21-33)37-24-26-42-39(28-37)23-22-34-10-7-8-15-41(34)42/h1-31H. The molecule has 0 aliphatic heterocycles. The van der Waals surface area contributed by atoms with E-state index in [1.54, 1.807) is 0 Å². The Kier molecular flexibility index (Phi) is 6.85. The van der Waals surface area contributed by atoms with Crippen LogP contribution in [0, 0.1) is 0 Å². The quantitative estimate of drug-likeness (QED) is 0.173. The molecule has 238 valence electrons. The van der Waals surface area contributed by atoms with Gasteiger partial charge < -0.3 is 4.42 Å². The number of nitrogens with zero attached hydrogens (tertiary/aromatic N) is 1. The summed E-state index contributed by atoms with van der Waals surface area (Å²) in [5, 5.41) is 7.31. The number of furan rings is 1. The number of fused-ring (bicyclic) bond motifs is 6. The molecule has 0 N–H and O–H groups in total. The zero-order valence-corrected chi connectivity index (χ0v) is 27.8. The Morgan fingerprint density at radius 3 is 1.63 bits per heavy atom. The minimum absolute atomic E-state index is 0.874. The first-order valence-corrected chi connectivity index (χ1v) is 17.4. The lowest BCUT2D eigenvalue weighted by molar-refractivity contribution is 0.669. The topological polar surface area (TPSA) is 26.0 Å². The number of hydrogen-bond acceptors (Lipinski definition) is 2. The van der Waals surface area contributed by atoms with Crippen LogP contribution >= 0.6 is 0 Å². The van der Waals surface area contributed by atoms with E-state index in [1.807, 2.05) is 12.1 Å². The Morgan fingerprint density at radius 1 is 0.314 bits per heavy atom. The highest BCUT2D eigenvalue weighted by Gasteiger charge is 2.16. The van der Waals surface area contributed by atoms with Crippen LogP contribution in [-0.2, 0) is 0 Å². The van der Waals surface area contributed by atoms with Crippen LogP contribution in [0.2, 0.25) is 0 Å². The molecular weight excluding hydrogens is 619 g/mol. The molecule has 0 saturated carbocycles. The minimum atomic E-state index is 0.874.